The zero-order valence-corrected chi connectivity index (χ0v) is 16.7. The summed E-state index contributed by atoms with van der Waals surface area (Å²) in [5, 5.41) is 11.5. The second kappa shape index (κ2) is 8.71. The van der Waals surface area contributed by atoms with E-state index < -0.39 is 14.9 Å². The minimum absolute atomic E-state index is 0.154. The van der Waals surface area contributed by atoms with Crippen molar-refractivity contribution in [2.75, 3.05) is 7.11 Å². The molecule has 1 N–H and O–H groups in total. The first-order valence-electron chi connectivity index (χ1n) is 9.26. The first-order valence-corrected chi connectivity index (χ1v) is 10.7. The Labute approximate surface area is 169 Å². The molecule has 0 heterocycles. The molecule has 29 heavy (non-hydrogen) atoms. The number of hydrogen-bond donors (Lipinski definition) is 1. The molecule has 0 radical (unpaired) electrons. The van der Waals surface area contributed by atoms with E-state index in [2.05, 4.69) is 4.72 Å². The lowest BCUT2D eigenvalue weighted by Crippen LogP contribution is -2.38. The maximum Gasteiger partial charge on any atom is 0.308 e. The highest BCUT2D eigenvalue weighted by Crippen LogP contribution is 2.32. The average molecular weight is 418 g/mol. The number of methoxy groups -OCH3 is 1. The Kier molecular flexibility index (Phi) is 6.29. The number of sulfonamides is 1. The fourth-order valence-electron chi connectivity index (χ4n) is 3.59. The molecule has 9 heteroatoms. The minimum atomic E-state index is -3.93. The summed E-state index contributed by atoms with van der Waals surface area (Å²) in [4.78, 5) is 22.4. The van der Waals surface area contributed by atoms with Gasteiger partial charge >= 0.3 is 5.97 Å². The molecule has 0 aromatic heterocycles. The molecule has 1 saturated carbocycles. The molecule has 3 rings (SSSR count). The standard InChI is InChI=1S/C20H22N2O6S/c1-28-20(23)15-7-9-16(10-8-15)21-29(26,27)17-11-12-18(19(13-17)22(24)25)14-5-3-2-4-6-14/h2-6,11-13,15-16,21H,7-10H2,1H3/t15-,16-. The average Bonchev–Trinajstić information content (AvgIpc) is 2.73. The van der Waals surface area contributed by atoms with Gasteiger partial charge in [0, 0.05) is 12.1 Å². The number of rotatable bonds is 6. The lowest BCUT2D eigenvalue weighted by Gasteiger charge is -2.27. The van der Waals surface area contributed by atoms with Crippen LogP contribution in [0.1, 0.15) is 25.7 Å². The molecule has 154 valence electrons. The molecule has 0 spiro atoms. The molecular weight excluding hydrogens is 396 g/mol. The van der Waals surface area contributed by atoms with Gasteiger partial charge in [-0.25, -0.2) is 13.1 Å². The predicted octanol–water partition coefficient (Wildman–Crippen LogP) is 3.27. The maximum atomic E-state index is 12.8. The van der Waals surface area contributed by atoms with Crippen LogP contribution >= 0.6 is 0 Å². The van der Waals surface area contributed by atoms with E-state index in [0.29, 0.717) is 36.8 Å². The first kappa shape index (κ1) is 20.9. The van der Waals surface area contributed by atoms with E-state index >= 15 is 0 Å². The van der Waals surface area contributed by atoms with Crippen LogP contribution in [0.3, 0.4) is 0 Å². The molecule has 1 fully saturated rings. The second-order valence-electron chi connectivity index (χ2n) is 7.00. The van der Waals surface area contributed by atoms with Crippen molar-refractivity contribution in [2.45, 2.75) is 36.6 Å². The molecule has 2 aromatic rings. The summed E-state index contributed by atoms with van der Waals surface area (Å²) in [6, 6.07) is 12.4. The molecule has 0 saturated heterocycles. The monoisotopic (exact) mass is 418 g/mol. The Bertz CT molecular complexity index is 999. The summed E-state index contributed by atoms with van der Waals surface area (Å²) in [6.45, 7) is 0. The largest absolute Gasteiger partial charge is 0.469 e. The Morgan fingerprint density at radius 3 is 2.34 bits per heavy atom. The Hall–Kier alpha value is -2.78. The van der Waals surface area contributed by atoms with E-state index in [1.165, 1.54) is 19.2 Å². The predicted molar refractivity (Wildman–Crippen MR) is 107 cm³/mol. The number of esters is 1. The molecule has 0 amide bonds. The van der Waals surface area contributed by atoms with Crippen molar-refractivity contribution in [3.05, 3.63) is 58.6 Å². The minimum Gasteiger partial charge on any atom is -0.469 e. The van der Waals surface area contributed by atoms with Crippen LogP contribution in [-0.4, -0.2) is 32.5 Å². The number of nitrogens with zero attached hydrogens (tertiary/aromatic N) is 1. The van der Waals surface area contributed by atoms with E-state index in [-0.39, 0.29) is 28.5 Å². The molecule has 0 atom stereocenters. The molecule has 0 unspecified atom stereocenters. The van der Waals surface area contributed by atoms with E-state index in [1.807, 2.05) is 0 Å². The summed E-state index contributed by atoms with van der Waals surface area (Å²) in [6.07, 6.45) is 2.08. The van der Waals surface area contributed by atoms with Crippen LogP contribution in [0.15, 0.2) is 53.4 Å². The molecule has 2 aromatic carbocycles. The fourth-order valence-corrected chi connectivity index (χ4v) is 4.92. The third-order valence-corrected chi connectivity index (χ3v) is 6.66. The molecule has 0 bridgehead atoms. The van der Waals surface area contributed by atoms with Crippen molar-refractivity contribution in [3.8, 4) is 11.1 Å². The topological polar surface area (TPSA) is 116 Å². The summed E-state index contributed by atoms with van der Waals surface area (Å²) in [5.41, 5.74) is 0.721. The molecule has 1 aliphatic rings. The van der Waals surface area contributed by atoms with Crippen molar-refractivity contribution < 1.29 is 22.9 Å². The SMILES string of the molecule is COC(=O)[C@H]1CC[C@H](NS(=O)(=O)c2ccc(-c3ccccc3)c([N+](=O)[O-])c2)CC1. The van der Waals surface area contributed by atoms with Crippen LogP contribution in [0.25, 0.3) is 11.1 Å². The van der Waals surface area contributed by atoms with Gasteiger partial charge in [-0.2, -0.15) is 0 Å². The summed E-state index contributed by atoms with van der Waals surface area (Å²) in [7, 11) is -2.59. The zero-order valence-electron chi connectivity index (χ0n) is 15.9. The van der Waals surface area contributed by atoms with Crippen LogP contribution in [0.2, 0.25) is 0 Å². The highest BCUT2D eigenvalue weighted by atomic mass is 32.2. The lowest BCUT2D eigenvalue weighted by atomic mass is 9.86. The van der Waals surface area contributed by atoms with E-state index in [1.54, 1.807) is 30.3 Å². The third-order valence-electron chi connectivity index (χ3n) is 5.14. The Balaban J connectivity index is 1.80. The van der Waals surface area contributed by atoms with Gasteiger partial charge in [0.05, 0.1) is 28.4 Å². The first-order chi connectivity index (χ1) is 13.8. The van der Waals surface area contributed by atoms with Gasteiger partial charge in [-0.05, 0) is 43.4 Å². The van der Waals surface area contributed by atoms with Gasteiger partial charge in [-0.3, -0.25) is 14.9 Å². The van der Waals surface area contributed by atoms with Gasteiger partial charge in [-0.1, -0.05) is 30.3 Å². The van der Waals surface area contributed by atoms with Gasteiger partial charge in [0.1, 0.15) is 0 Å². The van der Waals surface area contributed by atoms with Gasteiger partial charge < -0.3 is 4.74 Å². The fraction of sp³-hybridized carbons (Fsp3) is 0.350. The number of hydrogen-bond acceptors (Lipinski definition) is 6. The third kappa shape index (κ3) is 4.80. The van der Waals surface area contributed by atoms with Crippen molar-refractivity contribution in [3.63, 3.8) is 0 Å². The van der Waals surface area contributed by atoms with Crippen LogP contribution in [0, 0.1) is 16.0 Å². The van der Waals surface area contributed by atoms with E-state index in [9.17, 15) is 23.3 Å². The number of nitro groups is 1. The lowest BCUT2D eigenvalue weighted by molar-refractivity contribution is -0.384. The highest BCUT2D eigenvalue weighted by molar-refractivity contribution is 7.89. The maximum absolute atomic E-state index is 12.8. The second-order valence-corrected chi connectivity index (χ2v) is 8.71. The van der Waals surface area contributed by atoms with Crippen molar-refractivity contribution in [1.82, 2.24) is 4.72 Å². The quantitative estimate of drug-likeness (QED) is 0.437. The zero-order chi connectivity index (χ0) is 21.0. The highest BCUT2D eigenvalue weighted by Gasteiger charge is 2.30. The molecule has 0 aliphatic heterocycles. The van der Waals surface area contributed by atoms with Gasteiger partial charge in [-0.15, -0.1) is 0 Å². The number of ether oxygens (including phenoxy) is 1. The smallest absolute Gasteiger partial charge is 0.308 e. The Morgan fingerprint density at radius 2 is 1.76 bits per heavy atom. The van der Waals surface area contributed by atoms with Crippen LogP contribution in [-0.2, 0) is 19.6 Å². The molecular formula is C20H22N2O6S. The van der Waals surface area contributed by atoms with Crippen molar-refractivity contribution in [2.24, 2.45) is 5.92 Å². The summed E-state index contributed by atoms with van der Waals surface area (Å²) < 4.78 is 32.9. The van der Waals surface area contributed by atoms with Crippen molar-refractivity contribution >= 4 is 21.7 Å². The van der Waals surface area contributed by atoms with Gasteiger partial charge in [0.2, 0.25) is 10.0 Å². The van der Waals surface area contributed by atoms with Gasteiger partial charge in [0.25, 0.3) is 5.69 Å². The van der Waals surface area contributed by atoms with E-state index in [4.69, 9.17) is 4.74 Å². The Morgan fingerprint density at radius 1 is 1.10 bits per heavy atom. The number of carbonyl (C=O) groups excluding carboxylic acids is 1. The van der Waals surface area contributed by atoms with Crippen LogP contribution in [0.5, 0.6) is 0 Å². The number of carbonyl (C=O) groups is 1. The van der Waals surface area contributed by atoms with Crippen LogP contribution < -0.4 is 4.72 Å². The van der Waals surface area contributed by atoms with E-state index in [0.717, 1.165) is 6.07 Å². The molecule has 1 aliphatic carbocycles. The molecule has 8 nitrogen and oxygen atoms in total. The summed E-state index contributed by atoms with van der Waals surface area (Å²) in [5.74, 6) is -0.495. The normalized spacial score (nSPS) is 19.5. The van der Waals surface area contributed by atoms with Gasteiger partial charge in [0.15, 0.2) is 0 Å². The van der Waals surface area contributed by atoms with Crippen molar-refractivity contribution in [1.29, 1.82) is 0 Å². The number of benzene rings is 2. The van der Waals surface area contributed by atoms with Crippen LogP contribution in [0.4, 0.5) is 5.69 Å². The number of nitro benzene ring substituents is 1. The summed E-state index contributed by atoms with van der Waals surface area (Å²) >= 11 is 0. The number of nitrogens with one attached hydrogen (secondary N) is 1.